The highest BCUT2D eigenvalue weighted by Crippen LogP contribution is 1.90. The van der Waals surface area contributed by atoms with E-state index in [-0.39, 0.29) is 0 Å². The summed E-state index contributed by atoms with van der Waals surface area (Å²) in [5, 5.41) is 0. The second-order valence-corrected chi connectivity index (χ2v) is 2.74. The lowest BCUT2D eigenvalue weighted by molar-refractivity contribution is 0.397. The summed E-state index contributed by atoms with van der Waals surface area (Å²) in [6, 6.07) is 3.12. The molecule has 0 unspecified atom stereocenters. The molecule has 1 nitrogen and oxygen atoms in total. The maximum atomic E-state index is 3.12. The van der Waals surface area contributed by atoms with Crippen LogP contribution in [0.5, 0.6) is 0 Å². The van der Waals surface area contributed by atoms with Gasteiger partial charge in [-0.25, -0.2) is 0 Å². The van der Waals surface area contributed by atoms with Crippen molar-refractivity contribution < 1.29 is 0 Å². The van der Waals surface area contributed by atoms with Crippen molar-refractivity contribution in [3.63, 3.8) is 0 Å². The number of allylic oxidation sites excluding steroid dienone is 2. The molecule has 0 saturated heterocycles. The minimum absolute atomic E-state index is 1.08. The Bertz CT molecular complexity index is 165. The van der Waals surface area contributed by atoms with Crippen LogP contribution in [0.3, 0.4) is 0 Å². The van der Waals surface area contributed by atoms with Crippen molar-refractivity contribution in [3.05, 3.63) is 12.2 Å². The van der Waals surface area contributed by atoms with Crippen LogP contribution >= 0.6 is 0 Å². The molecule has 0 aromatic carbocycles. The van der Waals surface area contributed by atoms with E-state index in [4.69, 9.17) is 0 Å². The normalized spacial score (nSPS) is 9.58. The Balaban J connectivity index is 3.86. The summed E-state index contributed by atoms with van der Waals surface area (Å²) in [6.07, 6.45) is 6.19. The number of nitrogens with zero attached hydrogens (tertiary/aromatic N) is 1. The van der Waals surface area contributed by atoms with Crippen molar-refractivity contribution in [3.8, 4) is 12.0 Å². The third-order valence-corrected chi connectivity index (χ3v) is 1.46. The van der Waals surface area contributed by atoms with E-state index in [0.717, 1.165) is 13.1 Å². The molecule has 0 heterocycles. The fourth-order valence-corrected chi connectivity index (χ4v) is 0.975. The average molecular weight is 165 g/mol. The molecule has 0 aromatic heterocycles. The Hall–Kier alpha value is -0.900. The first-order chi connectivity index (χ1) is 5.85. The Morgan fingerprint density at radius 1 is 1.17 bits per heavy atom. The first kappa shape index (κ1) is 11.1. The Morgan fingerprint density at radius 3 is 2.17 bits per heavy atom. The zero-order chi connectivity index (χ0) is 9.23. The quantitative estimate of drug-likeness (QED) is 0.457. The van der Waals surface area contributed by atoms with Crippen molar-refractivity contribution in [2.75, 3.05) is 13.1 Å². The van der Waals surface area contributed by atoms with Gasteiger partial charge >= 0.3 is 0 Å². The van der Waals surface area contributed by atoms with E-state index in [2.05, 4.69) is 30.7 Å². The molecule has 0 spiro atoms. The molecule has 0 atom stereocenters. The van der Waals surface area contributed by atoms with Crippen LogP contribution in [0.1, 0.15) is 33.6 Å². The molecule has 0 saturated carbocycles. The van der Waals surface area contributed by atoms with Gasteiger partial charge in [0.25, 0.3) is 0 Å². The molecule has 0 bridgehead atoms. The van der Waals surface area contributed by atoms with Crippen LogP contribution in [0.25, 0.3) is 0 Å². The Morgan fingerprint density at radius 2 is 1.75 bits per heavy atom. The summed E-state index contributed by atoms with van der Waals surface area (Å²) in [5.74, 6) is 3.00. The van der Waals surface area contributed by atoms with E-state index in [1.807, 2.05) is 19.1 Å². The summed E-state index contributed by atoms with van der Waals surface area (Å²) in [7, 11) is 0. The van der Waals surface area contributed by atoms with Crippen LogP contribution in [0, 0.1) is 12.0 Å². The summed E-state index contributed by atoms with van der Waals surface area (Å²) in [5.41, 5.74) is 0. The highest BCUT2D eigenvalue weighted by molar-refractivity contribution is 5.13. The summed E-state index contributed by atoms with van der Waals surface area (Å²) >= 11 is 0. The Kier molecular flexibility index (Phi) is 7.58. The van der Waals surface area contributed by atoms with Crippen LogP contribution in [0.15, 0.2) is 12.2 Å². The first-order valence-corrected chi connectivity index (χ1v) is 4.72. The molecule has 0 N–H and O–H groups in total. The lowest BCUT2D eigenvalue weighted by Crippen LogP contribution is -2.19. The maximum Gasteiger partial charge on any atom is 0.0257 e. The molecular weight excluding hydrogens is 146 g/mol. The summed E-state index contributed by atoms with van der Waals surface area (Å²) in [4.78, 5) is 2.18. The van der Waals surface area contributed by atoms with Crippen LogP contribution in [0.2, 0.25) is 0 Å². The molecule has 0 aliphatic carbocycles. The molecule has 0 amide bonds. The first-order valence-electron chi connectivity index (χ1n) is 4.72. The molecule has 0 aliphatic heterocycles. The molecule has 0 aliphatic rings. The van der Waals surface area contributed by atoms with Gasteiger partial charge in [0.15, 0.2) is 0 Å². The third-order valence-electron chi connectivity index (χ3n) is 1.46. The minimum Gasteiger partial charge on any atom is -0.332 e. The van der Waals surface area contributed by atoms with E-state index in [1.165, 1.54) is 12.8 Å². The SMILES string of the molecule is CC=CC#CN(CCC)CCC. The van der Waals surface area contributed by atoms with E-state index >= 15 is 0 Å². The van der Waals surface area contributed by atoms with Crippen LogP contribution < -0.4 is 0 Å². The second-order valence-electron chi connectivity index (χ2n) is 2.74. The van der Waals surface area contributed by atoms with E-state index in [9.17, 15) is 0 Å². The lowest BCUT2D eigenvalue weighted by Gasteiger charge is -2.14. The molecule has 1 heteroatoms. The number of rotatable bonds is 4. The third kappa shape index (κ3) is 5.85. The zero-order valence-electron chi connectivity index (χ0n) is 8.43. The molecule has 0 radical (unpaired) electrons. The van der Waals surface area contributed by atoms with Crippen molar-refractivity contribution in [2.45, 2.75) is 33.6 Å². The molecule has 0 aromatic rings. The van der Waals surface area contributed by atoms with Crippen LogP contribution in [-0.2, 0) is 0 Å². The van der Waals surface area contributed by atoms with Crippen molar-refractivity contribution >= 4 is 0 Å². The van der Waals surface area contributed by atoms with Crippen molar-refractivity contribution in [1.29, 1.82) is 0 Å². The van der Waals surface area contributed by atoms with E-state index in [0.29, 0.717) is 0 Å². The van der Waals surface area contributed by atoms with Crippen LogP contribution in [0.4, 0.5) is 0 Å². The predicted octanol–water partition coefficient (Wildman–Crippen LogP) is 2.65. The fourth-order valence-electron chi connectivity index (χ4n) is 0.975. The fraction of sp³-hybridized carbons (Fsp3) is 0.636. The van der Waals surface area contributed by atoms with Crippen molar-refractivity contribution in [1.82, 2.24) is 4.90 Å². The van der Waals surface area contributed by atoms with Gasteiger partial charge in [-0.15, -0.1) is 0 Å². The van der Waals surface area contributed by atoms with Gasteiger partial charge in [-0.2, -0.15) is 0 Å². The molecule has 0 rings (SSSR count). The predicted molar refractivity (Wildman–Crippen MR) is 54.7 cm³/mol. The molecule has 68 valence electrons. The molecular formula is C11H19N. The van der Waals surface area contributed by atoms with Gasteiger partial charge in [-0.05, 0) is 25.8 Å². The smallest absolute Gasteiger partial charge is 0.0257 e. The van der Waals surface area contributed by atoms with Crippen LogP contribution in [-0.4, -0.2) is 18.0 Å². The summed E-state index contributed by atoms with van der Waals surface area (Å²) < 4.78 is 0. The van der Waals surface area contributed by atoms with E-state index < -0.39 is 0 Å². The van der Waals surface area contributed by atoms with Gasteiger partial charge in [-0.1, -0.05) is 25.8 Å². The Labute approximate surface area is 76.5 Å². The topological polar surface area (TPSA) is 3.24 Å². The van der Waals surface area contributed by atoms with Crippen molar-refractivity contribution in [2.24, 2.45) is 0 Å². The summed E-state index contributed by atoms with van der Waals surface area (Å²) in [6.45, 7) is 8.51. The standard InChI is InChI=1S/C11H19N/c1-4-7-8-11-12(9-5-2)10-6-3/h4,7H,5-6,9-10H2,1-3H3. The van der Waals surface area contributed by atoms with Gasteiger partial charge in [0.1, 0.15) is 0 Å². The lowest BCUT2D eigenvalue weighted by atomic mass is 10.4. The van der Waals surface area contributed by atoms with Gasteiger partial charge < -0.3 is 4.90 Å². The van der Waals surface area contributed by atoms with Gasteiger partial charge in [0.05, 0.1) is 0 Å². The second kappa shape index (κ2) is 8.20. The molecule has 12 heavy (non-hydrogen) atoms. The highest BCUT2D eigenvalue weighted by Gasteiger charge is 1.93. The molecule has 0 fully saturated rings. The number of hydrogen-bond donors (Lipinski definition) is 0. The monoisotopic (exact) mass is 165 g/mol. The number of hydrogen-bond acceptors (Lipinski definition) is 1. The maximum absolute atomic E-state index is 3.12. The minimum atomic E-state index is 1.08. The van der Waals surface area contributed by atoms with E-state index in [1.54, 1.807) is 0 Å². The van der Waals surface area contributed by atoms with Gasteiger partial charge in [-0.3, -0.25) is 0 Å². The van der Waals surface area contributed by atoms with Gasteiger partial charge in [0, 0.05) is 19.1 Å². The van der Waals surface area contributed by atoms with Gasteiger partial charge in [0.2, 0.25) is 0 Å². The highest BCUT2D eigenvalue weighted by atomic mass is 15.1. The zero-order valence-corrected chi connectivity index (χ0v) is 8.43. The largest absolute Gasteiger partial charge is 0.332 e. The average Bonchev–Trinajstić information content (AvgIpc) is 2.06.